The molecule has 0 unspecified atom stereocenters. The van der Waals surface area contributed by atoms with Crippen LogP contribution in [0.25, 0.3) is 0 Å². The van der Waals surface area contributed by atoms with Crippen LogP contribution in [0, 0.1) is 12.8 Å². The van der Waals surface area contributed by atoms with E-state index in [1.165, 1.54) is 38.5 Å². The van der Waals surface area contributed by atoms with Crippen LogP contribution in [-0.4, -0.2) is 18.1 Å². The van der Waals surface area contributed by atoms with E-state index in [9.17, 15) is 0 Å². The maximum Gasteiger partial charge on any atom is 0.122 e. The molecular formula is C17H28N2O. The van der Waals surface area contributed by atoms with Crippen molar-refractivity contribution in [2.24, 2.45) is 5.92 Å². The Morgan fingerprint density at radius 2 is 2.00 bits per heavy atom. The number of nitrogens with one attached hydrogen (secondary N) is 1. The van der Waals surface area contributed by atoms with Crippen LogP contribution in [0.3, 0.4) is 0 Å². The fraction of sp³-hybridized carbons (Fsp3) is 0.706. The molecule has 3 nitrogen and oxygen atoms in total. The highest BCUT2D eigenvalue weighted by molar-refractivity contribution is 5.26. The minimum Gasteiger partial charge on any atom is -0.497 e. The number of hydrogen-bond donors (Lipinski definition) is 1. The molecule has 0 atom stereocenters. The number of methoxy groups -OCH3 is 1. The molecule has 1 aliphatic rings. The number of aryl methyl sites for hydroxylation is 1. The number of pyridine rings is 1. The van der Waals surface area contributed by atoms with E-state index in [0.717, 1.165) is 29.6 Å². The molecule has 3 heteroatoms. The lowest BCUT2D eigenvalue weighted by atomic mass is 9.83. The highest BCUT2D eigenvalue weighted by Crippen LogP contribution is 2.27. The first-order valence-corrected chi connectivity index (χ1v) is 7.96. The molecule has 1 aromatic heterocycles. The van der Waals surface area contributed by atoms with Gasteiger partial charge in [0.05, 0.1) is 12.8 Å². The van der Waals surface area contributed by atoms with Gasteiger partial charge in [-0.15, -0.1) is 0 Å². The van der Waals surface area contributed by atoms with E-state index in [1.54, 1.807) is 7.11 Å². The predicted molar refractivity (Wildman–Crippen MR) is 83.0 cm³/mol. The molecule has 1 saturated carbocycles. The first-order chi connectivity index (χ1) is 9.71. The molecule has 0 saturated heterocycles. The monoisotopic (exact) mass is 276 g/mol. The number of hydrogen-bond acceptors (Lipinski definition) is 3. The second-order valence-corrected chi connectivity index (χ2v) is 6.03. The standard InChI is InChI=1S/C17H28N2O/c1-4-5-14-6-8-15(9-7-14)18-12-16-11-17(20-3)10-13(2)19-16/h10-11,14-15,18H,4-9,12H2,1-3H3. The van der Waals surface area contributed by atoms with Gasteiger partial charge in [0.15, 0.2) is 0 Å². The molecule has 1 aromatic rings. The van der Waals surface area contributed by atoms with Crippen molar-refractivity contribution < 1.29 is 4.74 Å². The summed E-state index contributed by atoms with van der Waals surface area (Å²) >= 11 is 0. The summed E-state index contributed by atoms with van der Waals surface area (Å²) in [6.07, 6.45) is 8.13. The minimum atomic E-state index is 0.663. The summed E-state index contributed by atoms with van der Waals surface area (Å²) in [4.78, 5) is 4.57. The van der Waals surface area contributed by atoms with Crippen molar-refractivity contribution in [1.82, 2.24) is 10.3 Å². The molecule has 0 amide bonds. The second kappa shape index (κ2) is 7.63. The average Bonchev–Trinajstić information content (AvgIpc) is 2.46. The SMILES string of the molecule is CCCC1CCC(NCc2cc(OC)cc(C)n2)CC1. The van der Waals surface area contributed by atoms with Crippen LogP contribution in [0.2, 0.25) is 0 Å². The van der Waals surface area contributed by atoms with Gasteiger partial charge in [-0.1, -0.05) is 19.8 Å². The van der Waals surface area contributed by atoms with Crippen molar-refractivity contribution in [1.29, 1.82) is 0 Å². The van der Waals surface area contributed by atoms with Crippen LogP contribution in [0.4, 0.5) is 0 Å². The van der Waals surface area contributed by atoms with Gasteiger partial charge in [-0.25, -0.2) is 0 Å². The number of ether oxygens (including phenoxy) is 1. The summed E-state index contributed by atoms with van der Waals surface area (Å²) in [6, 6.07) is 4.67. The lowest BCUT2D eigenvalue weighted by Gasteiger charge is -2.29. The number of nitrogens with zero attached hydrogens (tertiary/aromatic N) is 1. The largest absolute Gasteiger partial charge is 0.497 e. The van der Waals surface area contributed by atoms with Crippen LogP contribution < -0.4 is 10.1 Å². The van der Waals surface area contributed by atoms with E-state index in [1.807, 2.05) is 19.1 Å². The van der Waals surface area contributed by atoms with E-state index in [4.69, 9.17) is 4.74 Å². The zero-order chi connectivity index (χ0) is 14.4. The fourth-order valence-corrected chi connectivity index (χ4v) is 3.22. The summed E-state index contributed by atoms with van der Waals surface area (Å²) in [5.41, 5.74) is 2.10. The summed E-state index contributed by atoms with van der Waals surface area (Å²) in [5.74, 6) is 1.87. The molecule has 0 aromatic carbocycles. The molecule has 0 spiro atoms. The van der Waals surface area contributed by atoms with Gasteiger partial charge in [0.25, 0.3) is 0 Å². The molecule has 0 bridgehead atoms. The van der Waals surface area contributed by atoms with Gasteiger partial charge in [0.1, 0.15) is 5.75 Å². The second-order valence-electron chi connectivity index (χ2n) is 6.03. The van der Waals surface area contributed by atoms with E-state index >= 15 is 0 Å². The summed E-state index contributed by atoms with van der Waals surface area (Å²) in [5, 5.41) is 3.66. The van der Waals surface area contributed by atoms with Gasteiger partial charge in [-0.2, -0.15) is 0 Å². The van der Waals surface area contributed by atoms with Crippen molar-refractivity contribution in [3.63, 3.8) is 0 Å². The molecule has 2 rings (SSSR count). The van der Waals surface area contributed by atoms with E-state index < -0.39 is 0 Å². The highest BCUT2D eigenvalue weighted by Gasteiger charge is 2.20. The van der Waals surface area contributed by atoms with Gasteiger partial charge < -0.3 is 10.1 Å². The molecule has 0 aliphatic heterocycles. The number of aromatic nitrogens is 1. The smallest absolute Gasteiger partial charge is 0.122 e. The maximum atomic E-state index is 5.30. The zero-order valence-electron chi connectivity index (χ0n) is 13.1. The lowest BCUT2D eigenvalue weighted by Crippen LogP contribution is -2.33. The van der Waals surface area contributed by atoms with Gasteiger partial charge in [-0.05, 0) is 38.5 Å². The van der Waals surface area contributed by atoms with Gasteiger partial charge in [0, 0.05) is 30.4 Å². The zero-order valence-corrected chi connectivity index (χ0v) is 13.1. The molecular weight excluding hydrogens is 248 g/mol. The first-order valence-electron chi connectivity index (χ1n) is 7.96. The Bertz CT molecular complexity index is 411. The molecule has 20 heavy (non-hydrogen) atoms. The third-order valence-corrected chi connectivity index (χ3v) is 4.33. The van der Waals surface area contributed by atoms with Crippen LogP contribution in [0.5, 0.6) is 5.75 Å². The van der Waals surface area contributed by atoms with Gasteiger partial charge in [-0.3, -0.25) is 4.98 Å². The summed E-state index contributed by atoms with van der Waals surface area (Å²) < 4.78 is 5.30. The normalized spacial score (nSPS) is 22.8. The van der Waals surface area contributed by atoms with E-state index in [-0.39, 0.29) is 0 Å². The van der Waals surface area contributed by atoms with Crippen molar-refractivity contribution in [2.75, 3.05) is 7.11 Å². The Kier molecular flexibility index (Phi) is 5.84. The fourth-order valence-electron chi connectivity index (χ4n) is 3.22. The Balaban J connectivity index is 1.80. The van der Waals surface area contributed by atoms with Gasteiger partial charge in [0.2, 0.25) is 0 Å². The van der Waals surface area contributed by atoms with Crippen LogP contribution in [0.1, 0.15) is 56.8 Å². The maximum absolute atomic E-state index is 5.30. The van der Waals surface area contributed by atoms with E-state index in [0.29, 0.717) is 6.04 Å². The lowest BCUT2D eigenvalue weighted by molar-refractivity contribution is 0.277. The third kappa shape index (κ3) is 4.48. The molecule has 1 N–H and O–H groups in total. The van der Waals surface area contributed by atoms with Crippen LogP contribution in [-0.2, 0) is 6.54 Å². The van der Waals surface area contributed by atoms with Crippen LogP contribution in [0.15, 0.2) is 12.1 Å². The van der Waals surface area contributed by atoms with Crippen molar-refractivity contribution in [3.05, 3.63) is 23.5 Å². The van der Waals surface area contributed by atoms with E-state index in [2.05, 4.69) is 17.2 Å². The molecule has 112 valence electrons. The molecule has 1 fully saturated rings. The molecule has 0 radical (unpaired) electrons. The molecule has 1 heterocycles. The van der Waals surface area contributed by atoms with Gasteiger partial charge >= 0.3 is 0 Å². The Labute approximate surface area is 123 Å². The summed E-state index contributed by atoms with van der Waals surface area (Å²) in [6.45, 7) is 5.16. The minimum absolute atomic E-state index is 0.663. The molecule has 1 aliphatic carbocycles. The quantitative estimate of drug-likeness (QED) is 0.857. The van der Waals surface area contributed by atoms with Crippen molar-refractivity contribution in [2.45, 2.75) is 65.0 Å². The Morgan fingerprint density at radius 3 is 2.65 bits per heavy atom. The predicted octanol–water partition coefficient (Wildman–Crippen LogP) is 3.85. The topological polar surface area (TPSA) is 34.1 Å². The Morgan fingerprint density at radius 1 is 1.25 bits per heavy atom. The third-order valence-electron chi connectivity index (χ3n) is 4.33. The average molecular weight is 276 g/mol. The Hall–Kier alpha value is -1.09. The van der Waals surface area contributed by atoms with Crippen LogP contribution >= 0.6 is 0 Å². The summed E-state index contributed by atoms with van der Waals surface area (Å²) in [7, 11) is 1.71. The highest BCUT2D eigenvalue weighted by atomic mass is 16.5. The first kappa shape index (κ1) is 15.3. The van der Waals surface area contributed by atoms with Crippen molar-refractivity contribution >= 4 is 0 Å². The number of rotatable bonds is 6. The van der Waals surface area contributed by atoms with Crippen molar-refractivity contribution in [3.8, 4) is 5.75 Å².